The van der Waals surface area contributed by atoms with Gasteiger partial charge in [-0.3, -0.25) is 5.43 Å². The van der Waals surface area contributed by atoms with Gasteiger partial charge in [0.1, 0.15) is 17.0 Å². The molecule has 0 fully saturated rings. The van der Waals surface area contributed by atoms with Crippen LogP contribution in [0, 0.1) is 17.2 Å². The van der Waals surface area contributed by atoms with Crippen molar-refractivity contribution in [2.45, 2.75) is 53.4 Å². The molecule has 3 aromatic rings. The molecule has 2 heterocycles. The zero-order chi connectivity index (χ0) is 20.6. The molecule has 1 unspecified atom stereocenters. The quantitative estimate of drug-likeness (QED) is 0.402. The second-order valence-electron chi connectivity index (χ2n) is 8.50. The molecule has 4 nitrogen and oxygen atoms in total. The SMILES string of the molecule is CCC(C)(C)C1CCc2sc3ncnc(N/N=C(\C)c4ccc(F)cc4)c3c2C1. The number of hydrogen-bond acceptors (Lipinski definition) is 5. The first-order chi connectivity index (χ1) is 13.9. The van der Waals surface area contributed by atoms with E-state index in [1.165, 1.54) is 35.4 Å². The average Bonchev–Trinajstić information content (AvgIpc) is 3.11. The first-order valence-corrected chi connectivity index (χ1v) is 11.0. The highest BCUT2D eigenvalue weighted by Crippen LogP contribution is 2.45. The van der Waals surface area contributed by atoms with Crippen LogP contribution < -0.4 is 5.43 Å². The largest absolute Gasteiger partial charge is 0.260 e. The van der Waals surface area contributed by atoms with Crippen LogP contribution in [-0.2, 0) is 12.8 Å². The third kappa shape index (κ3) is 3.90. The Labute approximate surface area is 175 Å². The van der Waals surface area contributed by atoms with Crippen molar-refractivity contribution < 1.29 is 4.39 Å². The van der Waals surface area contributed by atoms with Gasteiger partial charge in [0.25, 0.3) is 0 Å². The summed E-state index contributed by atoms with van der Waals surface area (Å²) in [7, 11) is 0. The third-order valence-corrected chi connectivity index (χ3v) is 7.65. The summed E-state index contributed by atoms with van der Waals surface area (Å²) in [6.45, 7) is 8.94. The lowest BCUT2D eigenvalue weighted by Crippen LogP contribution is -2.28. The van der Waals surface area contributed by atoms with Gasteiger partial charge in [-0.05, 0) is 60.8 Å². The molecule has 0 spiro atoms. The van der Waals surface area contributed by atoms with E-state index >= 15 is 0 Å². The summed E-state index contributed by atoms with van der Waals surface area (Å²) < 4.78 is 13.2. The first kappa shape index (κ1) is 20.0. The minimum absolute atomic E-state index is 0.249. The molecule has 1 aromatic carbocycles. The second-order valence-corrected chi connectivity index (χ2v) is 9.59. The van der Waals surface area contributed by atoms with Gasteiger partial charge < -0.3 is 0 Å². The molecule has 152 valence electrons. The number of hydrazone groups is 1. The number of thiophene rings is 1. The number of anilines is 1. The Morgan fingerprint density at radius 2 is 2.03 bits per heavy atom. The van der Waals surface area contributed by atoms with Crippen LogP contribution in [0.25, 0.3) is 10.2 Å². The molecular formula is C23H27FN4S. The lowest BCUT2D eigenvalue weighted by molar-refractivity contribution is 0.184. The lowest BCUT2D eigenvalue weighted by atomic mass is 9.69. The number of nitrogens with zero attached hydrogens (tertiary/aromatic N) is 3. The highest BCUT2D eigenvalue weighted by atomic mass is 32.1. The van der Waals surface area contributed by atoms with Crippen molar-refractivity contribution in [3.63, 3.8) is 0 Å². The summed E-state index contributed by atoms with van der Waals surface area (Å²) in [6.07, 6.45) is 6.19. The second kappa shape index (κ2) is 7.82. The fourth-order valence-corrected chi connectivity index (χ4v) is 5.22. The number of rotatable bonds is 5. The molecule has 1 N–H and O–H groups in total. The van der Waals surface area contributed by atoms with Crippen LogP contribution in [0.2, 0.25) is 0 Å². The highest BCUT2D eigenvalue weighted by Gasteiger charge is 2.33. The van der Waals surface area contributed by atoms with E-state index in [2.05, 4.69) is 41.3 Å². The van der Waals surface area contributed by atoms with Crippen molar-refractivity contribution in [2.75, 3.05) is 5.43 Å². The fraction of sp³-hybridized carbons (Fsp3) is 0.435. The van der Waals surface area contributed by atoms with Crippen molar-refractivity contribution in [2.24, 2.45) is 16.4 Å². The smallest absolute Gasteiger partial charge is 0.158 e. The first-order valence-electron chi connectivity index (χ1n) is 10.2. The zero-order valence-corrected chi connectivity index (χ0v) is 18.2. The summed E-state index contributed by atoms with van der Waals surface area (Å²) in [5, 5.41) is 5.63. The van der Waals surface area contributed by atoms with Gasteiger partial charge in [0.15, 0.2) is 5.82 Å². The van der Waals surface area contributed by atoms with Gasteiger partial charge in [-0.25, -0.2) is 14.4 Å². The normalized spacial score (nSPS) is 17.4. The maximum atomic E-state index is 13.2. The fourth-order valence-electron chi connectivity index (χ4n) is 4.04. The molecule has 0 amide bonds. The van der Waals surface area contributed by atoms with E-state index in [-0.39, 0.29) is 5.82 Å². The van der Waals surface area contributed by atoms with Crippen LogP contribution in [0.3, 0.4) is 0 Å². The summed E-state index contributed by atoms with van der Waals surface area (Å²) in [5.74, 6) is 1.17. The minimum Gasteiger partial charge on any atom is -0.260 e. The van der Waals surface area contributed by atoms with Crippen molar-refractivity contribution >= 4 is 33.1 Å². The standard InChI is InChI=1S/C23H27FN4S/c1-5-23(3,4)16-8-11-19-18(12-16)20-21(25-13-26-22(20)29-19)28-27-14(2)15-6-9-17(24)10-7-15/h6-7,9-10,13,16H,5,8,11-12H2,1-4H3,(H,25,26,28)/b27-14+. The van der Waals surface area contributed by atoms with E-state index in [9.17, 15) is 4.39 Å². The summed E-state index contributed by atoms with van der Waals surface area (Å²) in [6, 6.07) is 6.36. The van der Waals surface area contributed by atoms with Gasteiger partial charge in [0.05, 0.1) is 11.1 Å². The number of aryl methyl sites for hydroxylation is 1. The predicted octanol–water partition coefficient (Wildman–Crippen LogP) is 6.21. The minimum atomic E-state index is -0.249. The lowest BCUT2D eigenvalue weighted by Gasteiger charge is -2.36. The Balaban J connectivity index is 1.67. The average molecular weight is 411 g/mol. The van der Waals surface area contributed by atoms with Crippen molar-refractivity contribution in [1.29, 1.82) is 0 Å². The molecular weight excluding hydrogens is 383 g/mol. The Morgan fingerprint density at radius 3 is 2.76 bits per heavy atom. The molecule has 4 rings (SSSR count). The molecule has 0 bridgehead atoms. The van der Waals surface area contributed by atoms with Crippen molar-refractivity contribution in [3.05, 3.63) is 52.4 Å². The molecule has 6 heteroatoms. The number of hydrogen-bond donors (Lipinski definition) is 1. The maximum absolute atomic E-state index is 13.2. The molecule has 0 saturated heterocycles. The van der Waals surface area contributed by atoms with Gasteiger partial charge >= 0.3 is 0 Å². The van der Waals surface area contributed by atoms with Crippen LogP contribution in [0.4, 0.5) is 10.2 Å². The number of nitrogens with one attached hydrogen (secondary N) is 1. The number of halogens is 1. The number of benzene rings is 1. The number of aromatic nitrogens is 2. The van der Waals surface area contributed by atoms with E-state index in [4.69, 9.17) is 0 Å². The van der Waals surface area contributed by atoms with Gasteiger partial charge in [-0.15, -0.1) is 11.3 Å². The van der Waals surface area contributed by atoms with Crippen molar-refractivity contribution in [3.8, 4) is 0 Å². The molecule has 2 aromatic heterocycles. The maximum Gasteiger partial charge on any atom is 0.158 e. The monoisotopic (exact) mass is 410 g/mol. The Kier molecular flexibility index (Phi) is 5.38. The summed E-state index contributed by atoms with van der Waals surface area (Å²) in [4.78, 5) is 11.5. The van der Waals surface area contributed by atoms with E-state index < -0.39 is 0 Å². The van der Waals surface area contributed by atoms with E-state index in [1.54, 1.807) is 29.8 Å². The summed E-state index contributed by atoms with van der Waals surface area (Å²) >= 11 is 1.79. The van der Waals surface area contributed by atoms with Crippen LogP contribution in [0.5, 0.6) is 0 Å². The Hall–Kier alpha value is -2.34. The van der Waals surface area contributed by atoms with E-state index in [1.807, 2.05) is 6.92 Å². The highest BCUT2D eigenvalue weighted by molar-refractivity contribution is 7.19. The van der Waals surface area contributed by atoms with Gasteiger partial charge in [-0.1, -0.05) is 39.3 Å². The van der Waals surface area contributed by atoms with Gasteiger partial charge in [0, 0.05) is 4.88 Å². The zero-order valence-electron chi connectivity index (χ0n) is 17.4. The van der Waals surface area contributed by atoms with Gasteiger partial charge in [-0.2, -0.15) is 5.10 Å². The molecule has 29 heavy (non-hydrogen) atoms. The van der Waals surface area contributed by atoms with Gasteiger partial charge in [0.2, 0.25) is 0 Å². The number of fused-ring (bicyclic) bond motifs is 3. The van der Waals surface area contributed by atoms with E-state index in [0.717, 1.165) is 40.2 Å². The van der Waals surface area contributed by atoms with Crippen LogP contribution in [-0.4, -0.2) is 15.7 Å². The molecule has 0 radical (unpaired) electrons. The molecule has 0 saturated carbocycles. The topological polar surface area (TPSA) is 50.2 Å². The Morgan fingerprint density at radius 1 is 1.28 bits per heavy atom. The van der Waals surface area contributed by atoms with Crippen molar-refractivity contribution in [1.82, 2.24) is 9.97 Å². The molecule has 0 aliphatic heterocycles. The molecule has 1 aliphatic rings. The molecule has 1 aliphatic carbocycles. The summed E-state index contributed by atoms with van der Waals surface area (Å²) in [5.41, 5.74) is 6.53. The third-order valence-electron chi connectivity index (χ3n) is 6.45. The molecule has 1 atom stereocenters. The Bertz CT molecular complexity index is 1050. The van der Waals surface area contributed by atoms with Crippen LogP contribution >= 0.6 is 11.3 Å². The van der Waals surface area contributed by atoms with E-state index in [0.29, 0.717) is 11.3 Å². The van der Waals surface area contributed by atoms with Crippen LogP contribution in [0.15, 0.2) is 35.7 Å². The predicted molar refractivity (Wildman–Crippen MR) is 119 cm³/mol. The van der Waals surface area contributed by atoms with Crippen LogP contribution in [0.1, 0.15) is 56.5 Å².